The number of aryl methyl sites for hydroxylation is 2. The van der Waals surface area contributed by atoms with E-state index in [1.165, 1.54) is 16.7 Å². The number of rotatable bonds is 4. The van der Waals surface area contributed by atoms with Crippen molar-refractivity contribution in [1.29, 1.82) is 0 Å². The minimum Gasteiger partial charge on any atom is -0.376 e. The average molecular weight is 250 g/mol. The third kappa shape index (κ3) is 3.29. The summed E-state index contributed by atoms with van der Waals surface area (Å²) in [5.74, 6) is 5.63. The van der Waals surface area contributed by atoms with Crippen molar-refractivity contribution in [3.8, 4) is 0 Å². The van der Waals surface area contributed by atoms with Gasteiger partial charge in [0, 0.05) is 0 Å². The number of hydrazine groups is 1. The Bertz CT molecular complexity index is 389. The van der Waals surface area contributed by atoms with Crippen molar-refractivity contribution in [2.75, 3.05) is 19.8 Å². The molecule has 18 heavy (non-hydrogen) atoms. The lowest BCUT2D eigenvalue weighted by Crippen LogP contribution is -2.50. The molecule has 0 aromatic heterocycles. The van der Waals surface area contributed by atoms with Crippen LogP contribution in [0.15, 0.2) is 18.2 Å². The number of hydrogen-bond donors (Lipinski definition) is 2. The molecular formula is C14H22N2O2. The molecule has 0 amide bonds. The molecule has 1 heterocycles. The maximum absolute atomic E-state index is 5.69. The molecule has 3 N–H and O–H groups in total. The van der Waals surface area contributed by atoms with Crippen LogP contribution in [0.2, 0.25) is 0 Å². The van der Waals surface area contributed by atoms with Crippen molar-refractivity contribution in [3.63, 3.8) is 0 Å². The zero-order valence-corrected chi connectivity index (χ0v) is 11.1. The van der Waals surface area contributed by atoms with Crippen LogP contribution in [0.1, 0.15) is 16.7 Å². The largest absolute Gasteiger partial charge is 0.376 e. The fourth-order valence-corrected chi connectivity index (χ4v) is 2.22. The Balaban J connectivity index is 2.02. The molecular weight excluding hydrogens is 228 g/mol. The molecule has 0 aliphatic carbocycles. The van der Waals surface area contributed by atoms with Crippen molar-refractivity contribution >= 4 is 0 Å². The molecule has 0 radical (unpaired) electrons. The Hall–Kier alpha value is -0.940. The van der Waals surface area contributed by atoms with E-state index in [1.54, 1.807) is 0 Å². The van der Waals surface area contributed by atoms with Gasteiger partial charge in [-0.25, -0.2) is 0 Å². The predicted octanol–water partition coefficient (Wildman–Crippen LogP) is 1.09. The number of ether oxygens (including phenoxy) is 2. The Morgan fingerprint density at radius 1 is 1.33 bits per heavy atom. The van der Waals surface area contributed by atoms with Crippen molar-refractivity contribution in [2.45, 2.75) is 32.4 Å². The van der Waals surface area contributed by atoms with E-state index in [0.29, 0.717) is 19.8 Å². The molecule has 1 aromatic rings. The first-order valence-electron chi connectivity index (χ1n) is 6.42. The summed E-state index contributed by atoms with van der Waals surface area (Å²) in [6.07, 6.45) is 0.886. The topological polar surface area (TPSA) is 56.5 Å². The van der Waals surface area contributed by atoms with Gasteiger partial charge in [0.1, 0.15) is 0 Å². The average Bonchev–Trinajstić information content (AvgIpc) is 2.41. The van der Waals surface area contributed by atoms with Crippen molar-refractivity contribution < 1.29 is 9.47 Å². The summed E-state index contributed by atoms with van der Waals surface area (Å²) in [6, 6.07) is 6.60. The quantitative estimate of drug-likeness (QED) is 0.620. The summed E-state index contributed by atoms with van der Waals surface area (Å²) in [5, 5.41) is 0. The zero-order chi connectivity index (χ0) is 13.0. The normalized spacial score (nSPS) is 21.8. The van der Waals surface area contributed by atoms with Crippen LogP contribution in [-0.4, -0.2) is 32.0 Å². The number of nitrogens with one attached hydrogen (secondary N) is 1. The Kier molecular flexibility index (Phi) is 4.72. The van der Waals surface area contributed by atoms with Crippen LogP contribution in [0.25, 0.3) is 0 Å². The SMILES string of the molecule is Cc1ccc(CC(NN)C2COCCO2)cc1C. The van der Waals surface area contributed by atoms with E-state index in [9.17, 15) is 0 Å². The summed E-state index contributed by atoms with van der Waals surface area (Å²) >= 11 is 0. The third-order valence-electron chi connectivity index (χ3n) is 3.53. The number of nitrogens with two attached hydrogens (primary N) is 1. The summed E-state index contributed by atoms with van der Waals surface area (Å²) in [7, 11) is 0. The van der Waals surface area contributed by atoms with Gasteiger partial charge in [0.05, 0.1) is 32.0 Å². The molecule has 0 spiro atoms. The maximum atomic E-state index is 5.69. The third-order valence-corrected chi connectivity index (χ3v) is 3.53. The molecule has 2 rings (SSSR count). The molecule has 4 nitrogen and oxygen atoms in total. The predicted molar refractivity (Wildman–Crippen MR) is 71.3 cm³/mol. The second-order valence-electron chi connectivity index (χ2n) is 4.88. The van der Waals surface area contributed by atoms with Crippen LogP contribution in [0.4, 0.5) is 0 Å². The van der Waals surface area contributed by atoms with Crippen molar-refractivity contribution in [3.05, 3.63) is 34.9 Å². The van der Waals surface area contributed by atoms with Crippen LogP contribution in [0, 0.1) is 13.8 Å². The first-order valence-corrected chi connectivity index (χ1v) is 6.42. The van der Waals surface area contributed by atoms with Crippen molar-refractivity contribution in [2.24, 2.45) is 5.84 Å². The van der Waals surface area contributed by atoms with Gasteiger partial charge < -0.3 is 9.47 Å². The highest BCUT2D eigenvalue weighted by Gasteiger charge is 2.24. The van der Waals surface area contributed by atoms with E-state index >= 15 is 0 Å². The zero-order valence-electron chi connectivity index (χ0n) is 11.1. The molecule has 1 aliphatic heterocycles. The second-order valence-corrected chi connectivity index (χ2v) is 4.88. The standard InChI is InChI=1S/C14H22N2O2/c1-10-3-4-12(7-11(10)2)8-13(16-15)14-9-17-5-6-18-14/h3-4,7,13-14,16H,5-6,8-9,15H2,1-2H3. The van der Waals surface area contributed by atoms with Crippen LogP contribution in [0.3, 0.4) is 0 Å². The minimum atomic E-state index is 0.0327. The van der Waals surface area contributed by atoms with Gasteiger partial charge in [0.15, 0.2) is 0 Å². The van der Waals surface area contributed by atoms with E-state index in [0.717, 1.165) is 6.42 Å². The first kappa shape index (κ1) is 13.5. The molecule has 1 aromatic carbocycles. The maximum Gasteiger partial charge on any atom is 0.0978 e. The van der Waals surface area contributed by atoms with Gasteiger partial charge in [0.25, 0.3) is 0 Å². The summed E-state index contributed by atoms with van der Waals surface area (Å²) in [6.45, 7) is 6.19. The highest BCUT2D eigenvalue weighted by atomic mass is 16.6. The monoisotopic (exact) mass is 250 g/mol. The fourth-order valence-electron chi connectivity index (χ4n) is 2.22. The minimum absolute atomic E-state index is 0.0327. The molecule has 1 fully saturated rings. The molecule has 1 saturated heterocycles. The lowest BCUT2D eigenvalue weighted by molar-refractivity contribution is -0.101. The lowest BCUT2D eigenvalue weighted by atomic mass is 9.98. The summed E-state index contributed by atoms with van der Waals surface area (Å²) < 4.78 is 11.1. The summed E-state index contributed by atoms with van der Waals surface area (Å²) in [4.78, 5) is 0. The molecule has 1 aliphatic rings. The number of benzene rings is 1. The fraction of sp³-hybridized carbons (Fsp3) is 0.571. The van der Waals surface area contributed by atoms with E-state index in [2.05, 4.69) is 37.5 Å². The van der Waals surface area contributed by atoms with E-state index in [1.807, 2.05) is 0 Å². The van der Waals surface area contributed by atoms with Crippen LogP contribution >= 0.6 is 0 Å². The van der Waals surface area contributed by atoms with E-state index < -0.39 is 0 Å². The summed E-state index contributed by atoms with van der Waals surface area (Å²) in [5.41, 5.74) is 6.75. The molecule has 4 heteroatoms. The van der Waals surface area contributed by atoms with Crippen molar-refractivity contribution in [1.82, 2.24) is 5.43 Å². The highest BCUT2D eigenvalue weighted by Crippen LogP contribution is 2.14. The van der Waals surface area contributed by atoms with Crippen LogP contribution in [0.5, 0.6) is 0 Å². The number of hydrogen-bond acceptors (Lipinski definition) is 4. The molecule has 0 saturated carbocycles. The Labute approximate surface area is 108 Å². The lowest BCUT2D eigenvalue weighted by Gasteiger charge is -2.30. The Morgan fingerprint density at radius 2 is 2.17 bits per heavy atom. The van der Waals surface area contributed by atoms with Gasteiger partial charge in [-0.15, -0.1) is 0 Å². The van der Waals surface area contributed by atoms with Gasteiger partial charge >= 0.3 is 0 Å². The smallest absolute Gasteiger partial charge is 0.0978 e. The highest BCUT2D eigenvalue weighted by molar-refractivity contribution is 5.30. The Morgan fingerprint density at radius 3 is 2.78 bits per heavy atom. The van der Waals surface area contributed by atoms with Gasteiger partial charge in [-0.05, 0) is 37.0 Å². The van der Waals surface area contributed by atoms with Crippen LogP contribution in [-0.2, 0) is 15.9 Å². The molecule has 0 bridgehead atoms. The van der Waals surface area contributed by atoms with Gasteiger partial charge in [0.2, 0.25) is 0 Å². The van der Waals surface area contributed by atoms with E-state index in [-0.39, 0.29) is 12.1 Å². The second kappa shape index (κ2) is 6.29. The van der Waals surface area contributed by atoms with Gasteiger partial charge in [-0.1, -0.05) is 18.2 Å². The molecule has 100 valence electrons. The van der Waals surface area contributed by atoms with Gasteiger partial charge in [-0.2, -0.15) is 0 Å². The first-order chi connectivity index (χ1) is 8.70. The molecule has 2 atom stereocenters. The van der Waals surface area contributed by atoms with Gasteiger partial charge in [-0.3, -0.25) is 11.3 Å². The van der Waals surface area contributed by atoms with Crippen LogP contribution < -0.4 is 11.3 Å². The van der Waals surface area contributed by atoms with E-state index in [4.69, 9.17) is 15.3 Å². The molecule has 2 unspecified atom stereocenters.